The molecule has 2 atom stereocenters. The molecule has 0 aliphatic rings. The maximum absolute atomic E-state index is 10.8. The maximum Gasteiger partial charge on any atom is 0.249 e. The van der Waals surface area contributed by atoms with Crippen molar-refractivity contribution in [2.75, 3.05) is 7.11 Å². The van der Waals surface area contributed by atoms with Crippen LogP contribution in [0.1, 0.15) is 17.2 Å². The number of carbonyl (C=O) groups excluding carboxylic acids is 1. The number of rotatable bonds is 4. The van der Waals surface area contributed by atoms with E-state index in [0.29, 0.717) is 0 Å². The lowest BCUT2D eigenvalue weighted by atomic mass is 9.98. The van der Waals surface area contributed by atoms with Gasteiger partial charge in [0.15, 0.2) is 6.10 Å². The Labute approximate surface area is 97.9 Å². The molecular formula is C11H12N2O4. The zero-order chi connectivity index (χ0) is 13.0. The summed E-state index contributed by atoms with van der Waals surface area (Å²) in [5.41, 5.74) is 5.03. The van der Waals surface area contributed by atoms with Crippen molar-refractivity contribution < 1.29 is 19.7 Å². The number of hydrogen-bond acceptors (Lipinski definition) is 5. The Hall–Kier alpha value is -2.10. The van der Waals surface area contributed by atoms with Gasteiger partial charge in [-0.2, -0.15) is 5.26 Å². The highest BCUT2D eigenvalue weighted by Gasteiger charge is 2.26. The zero-order valence-electron chi connectivity index (χ0n) is 9.12. The summed E-state index contributed by atoms with van der Waals surface area (Å²) in [5.74, 6) is -0.815. The predicted molar refractivity (Wildman–Crippen MR) is 57.9 cm³/mol. The number of nitrogens with zero attached hydrogens (tertiary/aromatic N) is 1. The molecule has 0 aromatic heterocycles. The van der Waals surface area contributed by atoms with Gasteiger partial charge in [-0.05, 0) is 6.07 Å². The minimum atomic E-state index is -1.77. The van der Waals surface area contributed by atoms with Crippen LogP contribution in [-0.4, -0.2) is 29.3 Å². The molecule has 17 heavy (non-hydrogen) atoms. The van der Waals surface area contributed by atoms with Crippen molar-refractivity contribution in [3.05, 3.63) is 29.3 Å². The molecule has 1 aromatic carbocycles. The molecular weight excluding hydrogens is 224 g/mol. The second-order valence-electron chi connectivity index (χ2n) is 3.33. The number of nitrogens with two attached hydrogens (primary N) is 1. The number of nitriles is 1. The minimum absolute atomic E-state index is 0.0581. The molecule has 1 aromatic rings. The highest BCUT2D eigenvalue weighted by atomic mass is 16.5. The molecule has 0 heterocycles. The molecule has 6 heteroatoms. The molecule has 0 bridgehead atoms. The molecule has 0 saturated heterocycles. The lowest BCUT2D eigenvalue weighted by molar-refractivity contribution is -0.131. The van der Waals surface area contributed by atoms with Crippen LogP contribution in [0.2, 0.25) is 0 Å². The fraction of sp³-hybridized carbons (Fsp3) is 0.273. The third-order valence-electron chi connectivity index (χ3n) is 2.30. The van der Waals surface area contributed by atoms with Gasteiger partial charge in [0.1, 0.15) is 17.9 Å². The van der Waals surface area contributed by atoms with Crippen molar-refractivity contribution in [3.8, 4) is 11.8 Å². The van der Waals surface area contributed by atoms with E-state index in [2.05, 4.69) is 0 Å². The van der Waals surface area contributed by atoms with Crippen LogP contribution in [0.15, 0.2) is 18.2 Å². The molecule has 0 spiro atoms. The average Bonchev–Trinajstić information content (AvgIpc) is 2.35. The number of benzene rings is 1. The van der Waals surface area contributed by atoms with E-state index in [0.717, 1.165) is 0 Å². The molecule has 2 unspecified atom stereocenters. The summed E-state index contributed by atoms with van der Waals surface area (Å²) in [5, 5.41) is 28.1. The Bertz CT molecular complexity index is 467. The smallest absolute Gasteiger partial charge is 0.249 e. The Balaban J connectivity index is 3.23. The summed E-state index contributed by atoms with van der Waals surface area (Å²) in [6, 6.07) is 6.32. The Morgan fingerprint density at radius 2 is 2.18 bits per heavy atom. The lowest BCUT2D eigenvalue weighted by Gasteiger charge is -2.17. The number of aliphatic hydroxyl groups is 2. The van der Waals surface area contributed by atoms with Gasteiger partial charge >= 0.3 is 0 Å². The summed E-state index contributed by atoms with van der Waals surface area (Å²) in [6.45, 7) is 0. The number of methoxy groups -OCH3 is 1. The fourth-order valence-electron chi connectivity index (χ4n) is 1.41. The second kappa shape index (κ2) is 5.30. The van der Waals surface area contributed by atoms with E-state index in [4.69, 9.17) is 15.7 Å². The van der Waals surface area contributed by atoms with E-state index in [1.165, 1.54) is 25.3 Å². The molecule has 0 radical (unpaired) electrons. The number of carbonyl (C=O) groups is 1. The molecule has 6 nitrogen and oxygen atoms in total. The van der Waals surface area contributed by atoms with Gasteiger partial charge in [-0.15, -0.1) is 0 Å². The van der Waals surface area contributed by atoms with Gasteiger partial charge in [-0.1, -0.05) is 12.1 Å². The van der Waals surface area contributed by atoms with Crippen LogP contribution in [0.25, 0.3) is 0 Å². The van der Waals surface area contributed by atoms with Crippen molar-refractivity contribution in [3.63, 3.8) is 0 Å². The third-order valence-corrected chi connectivity index (χ3v) is 2.30. The monoisotopic (exact) mass is 236 g/mol. The summed E-state index contributed by atoms with van der Waals surface area (Å²) in [7, 11) is 1.37. The Morgan fingerprint density at radius 1 is 1.53 bits per heavy atom. The summed E-state index contributed by atoms with van der Waals surface area (Å²) in [6.07, 6.45) is -3.33. The first-order valence-electron chi connectivity index (χ1n) is 4.75. The van der Waals surface area contributed by atoms with Gasteiger partial charge in [0.25, 0.3) is 0 Å². The van der Waals surface area contributed by atoms with Crippen LogP contribution in [0.4, 0.5) is 0 Å². The molecule has 0 fully saturated rings. The van der Waals surface area contributed by atoms with E-state index >= 15 is 0 Å². The van der Waals surface area contributed by atoms with Crippen LogP contribution < -0.4 is 10.5 Å². The van der Waals surface area contributed by atoms with Crippen LogP contribution in [-0.2, 0) is 4.79 Å². The van der Waals surface area contributed by atoms with E-state index in [1.54, 1.807) is 0 Å². The van der Waals surface area contributed by atoms with E-state index < -0.39 is 18.1 Å². The lowest BCUT2D eigenvalue weighted by Crippen LogP contribution is -2.34. The van der Waals surface area contributed by atoms with Crippen LogP contribution in [0, 0.1) is 11.3 Å². The summed E-state index contributed by atoms with van der Waals surface area (Å²) >= 11 is 0. The number of hydrogen-bond donors (Lipinski definition) is 3. The van der Waals surface area contributed by atoms with Crippen molar-refractivity contribution in [1.29, 1.82) is 5.26 Å². The van der Waals surface area contributed by atoms with Crippen molar-refractivity contribution in [1.82, 2.24) is 0 Å². The molecule has 0 aliphatic carbocycles. The highest BCUT2D eigenvalue weighted by molar-refractivity contribution is 5.79. The zero-order valence-corrected chi connectivity index (χ0v) is 9.12. The Morgan fingerprint density at radius 3 is 2.65 bits per heavy atom. The average molecular weight is 236 g/mol. The van der Waals surface area contributed by atoms with Gasteiger partial charge in [0.2, 0.25) is 5.91 Å². The van der Waals surface area contributed by atoms with Gasteiger partial charge < -0.3 is 20.7 Å². The van der Waals surface area contributed by atoms with Crippen LogP contribution in [0.3, 0.4) is 0 Å². The number of aliphatic hydroxyl groups excluding tert-OH is 2. The van der Waals surface area contributed by atoms with Gasteiger partial charge in [-0.3, -0.25) is 4.79 Å². The number of primary amides is 1. The minimum Gasteiger partial charge on any atom is -0.495 e. The third kappa shape index (κ3) is 2.53. The molecule has 90 valence electrons. The van der Waals surface area contributed by atoms with Gasteiger partial charge in [-0.25, -0.2) is 0 Å². The first-order chi connectivity index (χ1) is 8.02. The summed E-state index contributed by atoms with van der Waals surface area (Å²) in [4.78, 5) is 10.8. The van der Waals surface area contributed by atoms with E-state index in [1.807, 2.05) is 6.07 Å². The largest absolute Gasteiger partial charge is 0.495 e. The molecule has 1 amide bonds. The van der Waals surface area contributed by atoms with E-state index in [-0.39, 0.29) is 16.9 Å². The molecule has 4 N–H and O–H groups in total. The maximum atomic E-state index is 10.8. The highest BCUT2D eigenvalue weighted by Crippen LogP contribution is 2.27. The van der Waals surface area contributed by atoms with Crippen molar-refractivity contribution in [2.24, 2.45) is 5.73 Å². The standard InChI is InChI=1S/C11H12N2O4/c1-17-8-4-2-3-6(7(8)5-12)9(14)10(15)11(13)16/h2-4,9-10,14-15H,1H3,(H2,13,16). The topological polar surface area (TPSA) is 117 Å². The molecule has 1 rings (SSSR count). The molecule has 0 aliphatic heterocycles. The first-order valence-corrected chi connectivity index (χ1v) is 4.75. The fourth-order valence-corrected chi connectivity index (χ4v) is 1.41. The number of amides is 1. The van der Waals surface area contributed by atoms with Crippen LogP contribution >= 0.6 is 0 Å². The van der Waals surface area contributed by atoms with Crippen molar-refractivity contribution >= 4 is 5.91 Å². The van der Waals surface area contributed by atoms with Crippen LogP contribution in [0.5, 0.6) is 5.75 Å². The summed E-state index contributed by atoms with van der Waals surface area (Å²) < 4.78 is 4.94. The van der Waals surface area contributed by atoms with Crippen molar-refractivity contribution in [2.45, 2.75) is 12.2 Å². The Kier molecular flexibility index (Phi) is 4.04. The number of ether oxygens (including phenoxy) is 1. The van der Waals surface area contributed by atoms with E-state index in [9.17, 15) is 15.0 Å². The van der Waals surface area contributed by atoms with Gasteiger partial charge in [0.05, 0.1) is 12.7 Å². The SMILES string of the molecule is COc1cccc(C(O)C(O)C(N)=O)c1C#N. The molecule has 0 saturated carbocycles. The predicted octanol–water partition coefficient (Wildman–Crippen LogP) is -0.554. The quantitative estimate of drug-likeness (QED) is 0.648. The van der Waals surface area contributed by atoms with Gasteiger partial charge in [0, 0.05) is 5.56 Å². The second-order valence-corrected chi connectivity index (χ2v) is 3.33. The normalized spacial score (nSPS) is 13.5. The first kappa shape index (κ1) is 13.0.